The van der Waals surface area contributed by atoms with Crippen molar-refractivity contribution in [2.24, 2.45) is 0 Å². The second kappa shape index (κ2) is 9.69. The lowest BCUT2D eigenvalue weighted by molar-refractivity contribution is -0.122. The van der Waals surface area contributed by atoms with Crippen molar-refractivity contribution in [1.29, 1.82) is 0 Å². The summed E-state index contributed by atoms with van der Waals surface area (Å²) in [5.74, 6) is -0.297. The quantitative estimate of drug-likeness (QED) is 0.326. The average Bonchev–Trinajstić information content (AvgIpc) is 2.81. The van der Waals surface area contributed by atoms with Crippen molar-refractivity contribution < 1.29 is 13.9 Å². The number of para-hydroxylation sites is 1. The second-order valence-corrected chi connectivity index (χ2v) is 8.35. The van der Waals surface area contributed by atoms with E-state index < -0.39 is 12.0 Å². The van der Waals surface area contributed by atoms with Crippen LogP contribution in [0.4, 0.5) is 5.69 Å². The molecule has 1 heterocycles. The van der Waals surface area contributed by atoms with E-state index in [0.717, 1.165) is 5.56 Å². The molecule has 0 radical (unpaired) electrons. The number of fused-ring (bicyclic) bond motifs is 1. The summed E-state index contributed by atoms with van der Waals surface area (Å²) in [4.78, 5) is 26.4. The van der Waals surface area contributed by atoms with Gasteiger partial charge in [0.1, 0.15) is 5.58 Å². The van der Waals surface area contributed by atoms with Gasteiger partial charge in [-0.05, 0) is 55.3 Å². The molecule has 0 aliphatic heterocycles. The first-order valence-electron chi connectivity index (χ1n) is 10.4. The molecule has 7 heteroatoms. The van der Waals surface area contributed by atoms with Gasteiger partial charge in [-0.15, -0.1) is 0 Å². The minimum Gasteiger partial charge on any atom is -0.473 e. The number of halogens is 2. The lowest BCUT2D eigenvalue weighted by Gasteiger charge is -2.19. The smallest absolute Gasteiger partial charge is 0.265 e. The van der Waals surface area contributed by atoms with Crippen molar-refractivity contribution in [3.05, 3.63) is 92.6 Å². The minimum absolute atomic E-state index is 0.0641. The fourth-order valence-corrected chi connectivity index (χ4v) is 3.81. The number of hydrogen-bond acceptors (Lipinski definition) is 4. The zero-order chi connectivity index (χ0) is 23.5. The highest BCUT2D eigenvalue weighted by atomic mass is 35.5. The molecule has 4 rings (SSSR count). The first kappa shape index (κ1) is 22.9. The molecule has 0 fully saturated rings. The van der Waals surface area contributed by atoms with E-state index in [0.29, 0.717) is 38.7 Å². The molecule has 0 aliphatic rings. The van der Waals surface area contributed by atoms with Crippen molar-refractivity contribution in [2.75, 3.05) is 5.32 Å². The summed E-state index contributed by atoms with van der Waals surface area (Å²) in [5, 5.41) is 4.09. The molecule has 1 N–H and O–H groups in total. The van der Waals surface area contributed by atoms with E-state index in [1.165, 1.54) is 0 Å². The SMILES string of the molecule is CCC(Oc1c(-c2ccccc2Cl)oc2ccccc2c1=O)C(=O)Nc1ccc(C)c(Cl)c1. The predicted molar refractivity (Wildman–Crippen MR) is 132 cm³/mol. The van der Waals surface area contributed by atoms with Crippen LogP contribution in [-0.4, -0.2) is 12.0 Å². The molecule has 0 aliphatic carbocycles. The van der Waals surface area contributed by atoms with Crippen LogP contribution in [0.25, 0.3) is 22.3 Å². The summed E-state index contributed by atoms with van der Waals surface area (Å²) in [6.45, 7) is 3.67. The third kappa shape index (κ3) is 4.75. The Morgan fingerprint density at radius 1 is 1.03 bits per heavy atom. The first-order chi connectivity index (χ1) is 15.9. The number of carbonyl (C=O) groups is 1. The molecule has 1 amide bonds. The molecule has 1 aromatic heterocycles. The fourth-order valence-electron chi connectivity index (χ4n) is 3.41. The molecule has 3 aromatic carbocycles. The zero-order valence-corrected chi connectivity index (χ0v) is 19.5. The maximum absolute atomic E-state index is 13.4. The van der Waals surface area contributed by atoms with E-state index in [4.69, 9.17) is 32.4 Å². The second-order valence-electron chi connectivity index (χ2n) is 7.53. The van der Waals surface area contributed by atoms with Crippen LogP contribution in [0.1, 0.15) is 18.9 Å². The molecule has 1 atom stereocenters. The number of anilines is 1. The number of carbonyl (C=O) groups excluding carboxylic acids is 1. The molecule has 168 valence electrons. The number of benzene rings is 3. The van der Waals surface area contributed by atoms with Gasteiger partial charge in [-0.2, -0.15) is 0 Å². The topological polar surface area (TPSA) is 68.5 Å². The monoisotopic (exact) mass is 481 g/mol. The van der Waals surface area contributed by atoms with Crippen LogP contribution in [0.2, 0.25) is 10.0 Å². The van der Waals surface area contributed by atoms with Gasteiger partial charge in [-0.25, -0.2) is 0 Å². The molecule has 0 saturated carbocycles. The Bertz CT molecular complexity index is 1400. The van der Waals surface area contributed by atoms with Gasteiger partial charge < -0.3 is 14.5 Å². The Morgan fingerprint density at radius 3 is 2.48 bits per heavy atom. The molecule has 33 heavy (non-hydrogen) atoms. The molecule has 0 spiro atoms. The van der Waals surface area contributed by atoms with E-state index in [9.17, 15) is 9.59 Å². The summed E-state index contributed by atoms with van der Waals surface area (Å²) in [6, 6.07) is 19.1. The predicted octanol–water partition coefficient (Wildman–Crippen LogP) is 6.87. The Balaban J connectivity index is 1.76. The first-order valence-corrected chi connectivity index (χ1v) is 11.2. The van der Waals surface area contributed by atoms with Crippen molar-refractivity contribution in [1.82, 2.24) is 0 Å². The number of rotatable bonds is 6. The van der Waals surface area contributed by atoms with Gasteiger partial charge in [0, 0.05) is 16.3 Å². The molecule has 0 bridgehead atoms. The van der Waals surface area contributed by atoms with E-state index in [1.54, 1.807) is 67.6 Å². The summed E-state index contributed by atoms with van der Waals surface area (Å²) in [7, 11) is 0. The maximum Gasteiger partial charge on any atom is 0.265 e. The van der Waals surface area contributed by atoms with Gasteiger partial charge in [0.2, 0.25) is 11.2 Å². The molecule has 4 aromatic rings. The van der Waals surface area contributed by atoms with Crippen LogP contribution < -0.4 is 15.5 Å². The van der Waals surface area contributed by atoms with Gasteiger partial charge in [-0.1, -0.05) is 60.5 Å². The Kier molecular flexibility index (Phi) is 6.72. The lowest BCUT2D eigenvalue weighted by atomic mass is 10.1. The van der Waals surface area contributed by atoms with Crippen LogP contribution >= 0.6 is 23.2 Å². The van der Waals surface area contributed by atoms with E-state index in [-0.39, 0.29) is 16.9 Å². The summed E-state index contributed by atoms with van der Waals surface area (Å²) in [5.41, 5.74) is 1.95. The van der Waals surface area contributed by atoms with Gasteiger partial charge in [0.05, 0.1) is 10.4 Å². The number of ether oxygens (including phenoxy) is 1. The number of amides is 1. The van der Waals surface area contributed by atoms with Gasteiger partial charge in [0.15, 0.2) is 11.9 Å². The van der Waals surface area contributed by atoms with E-state index >= 15 is 0 Å². The Labute approximate surface area is 200 Å². The van der Waals surface area contributed by atoms with Crippen LogP contribution in [0.5, 0.6) is 5.75 Å². The van der Waals surface area contributed by atoms with Crippen LogP contribution in [0, 0.1) is 6.92 Å². The van der Waals surface area contributed by atoms with Gasteiger partial charge in [0.25, 0.3) is 5.91 Å². The van der Waals surface area contributed by atoms with Gasteiger partial charge in [-0.3, -0.25) is 9.59 Å². The van der Waals surface area contributed by atoms with Crippen LogP contribution in [0.15, 0.2) is 75.9 Å². The van der Waals surface area contributed by atoms with Gasteiger partial charge >= 0.3 is 0 Å². The standard InChI is InChI=1S/C26H21Cl2NO4/c1-3-21(26(31)29-16-13-12-15(2)20(28)14-16)32-25-23(30)18-9-5-7-11-22(18)33-24(25)17-8-4-6-10-19(17)27/h4-14,21H,3H2,1-2H3,(H,29,31). The third-order valence-electron chi connectivity index (χ3n) is 5.24. The molecular weight excluding hydrogens is 461 g/mol. The summed E-state index contributed by atoms with van der Waals surface area (Å²) >= 11 is 12.6. The van der Waals surface area contributed by atoms with Crippen molar-refractivity contribution in [3.8, 4) is 17.1 Å². The largest absolute Gasteiger partial charge is 0.473 e. The van der Waals surface area contributed by atoms with Crippen LogP contribution in [0.3, 0.4) is 0 Å². The normalized spacial score (nSPS) is 11.9. The number of aryl methyl sites for hydroxylation is 1. The average molecular weight is 482 g/mol. The van der Waals surface area contributed by atoms with Crippen molar-refractivity contribution in [3.63, 3.8) is 0 Å². The Morgan fingerprint density at radius 2 is 1.76 bits per heavy atom. The molecule has 5 nitrogen and oxygen atoms in total. The van der Waals surface area contributed by atoms with Crippen molar-refractivity contribution >= 4 is 45.8 Å². The minimum atomic E-state index is -0.949. The molecule has 1 unspecified atom stereocenters. The third-order valence-corrected chi connectivity index (χ3v) is 5.97. The van der Waals surface area contributed by atoms with Crippen LogP contribution in [-0.2, 0) is 4.79 Å². The van der Waals surface area contributed by atoms with E-state index in [1.807, 2.05) is 13.0 Å². The highest BCUT2D eigenvalue weighted by Gasteiger charge is 2.26. The van der Waals surface area contributed by atoms with Crippen molar-refractivity contribution in [2.45, 2.75) is 26.4 Å². The number of nitrogens with one attached hydrogen (secondary N) is 1. The number of hydrogen-bond donors (Lipinski definition) is 1. The molecule has 0 saturated heterocycles. The zero-order valence-electron chi connectivity index (χ0n) is 18.0. The Hall–Kier alpha value is -3.28. The highest BCUT2D eigenvalue weighted by molar-refractivity contribution is 6.33. The fraction of sp³-hybridized carbons (Fsp3) is 0.154. The summed E-state index contributed by atoms with van der Waals surface area (Å²) < 4.78 is 12.1. The van der Waals surface area contributed by atoms with E-state index in [2.05, 4.69) is 5.32 Å². The molecular formula is C26H21Cl2NO4. The summed E-state index contributed by atoms with van der Waals surface area (Å²) in [6.07, 6.45) is -0.630. The lowest BCUT2D eigenvalue weighted by Crippen LogP contribution is -2.34. The maximum atomic E-state index is 13.4. The highest BCUT2D eigenvalue weighted by Crippen LogP contribution is 2.36.